The molecule has 20 heavy (non-hydrogen) atoms. The molecule has 0 aliphatic carbocycles. The average molecular weight is 291 g/mol. The molecule has 2 N–H and O–H groups in total. The van der Waals surface area contributed by atoms with Gasteiger partial charge in [0.05, 0.1) is 0 Å². The van der Waals surface area contributed by atoms with Crippen molar-refractivity contribution in [3.05, 3.63) is 47.4 Å². The van der Waals surface area contributed by atoms with E-state index in [4.69, 9.17) is 11.6 Å². The first-order valence-electron chi connectivity index (χ1n) is 6.20. The second kappa shape index (κ2) is 6.34. The summed E-state index contributed by atoms with van der Waals surface area (Å²) in [6, 6.07) is 8.91. The van der Waals surface area contributed by atoms with E-state index in [1.165, 1.54) is 6.33 Å². The molecule has 1 aromatic heterocycles. The van der Waals surface area contributed by atoms with Gasteiger partial charge in [-0.25, -0.2) is 9.97 Å². The van der Waals surface area contributed by atoms with E-state index in [0.29, 0.717) is 16.5 Å². The maximum absolute atomic E-state index is 11.9. The van der Waals surface area contributed by atoms with Crippen LogP contribution < -0.4 is 10.6 Å². The van der Waals surface area contributed by atoms with E-state index in [0.717, 1.165) is 5.69 Å². The largest absolute Gasteiger partial charge is 0.349 e. The van der Waals surface area contributed by atoms with Gasteiger partial charge < -0.3 is 10.6 Å². The number of nitrogens with zero attached hydrogens (tertiary/aromatic N) is 2. The topological polar surface area (TPSA) is 66.9 Å². The van der Waals surface area contributed by atoms with E-state index >= 15 is 0 Å². The lowest BCUT2D eigenvalue weighted by Gasteiger charge is -2.09. The Morgan fingerprint density at radius 1 is 1.25 bits per heavy atom. The van der Waals surface area contributed by atoms with E-state index < -0.39 is 0 Å². The Morgan fingerprint density at radius 3 is 2.75 bits per heavy atom. The van der Waals surface area contributed by atoms with Crippen LogP contribution in [0, 0.1) is 0 Å². The minimum absolute atomic E-state index is 0.0572. The fraction of sp³-hybridized carbons (Fsp3) is 0.214. The van der Waals surface area contributed by atoms with Crippen molar-refractivity contribution in [1.82, 2.24) is 15.3 Å². The molecule has 2 aromatic rings. The fourth-order valence-electron chi connectivity index (χ4n) is 1.60. The van der Waals surface area contributed by atoms with Gasteiger partial charge in [-0.15, -0.1) is 0 Å². The molecule has 0 saturated heterocycles. The van der Waals surface area contributed by atoms with Gasteiger partial charge in [-0.3, -0.25) is 4.79 Å². The zero-order valence-electron chi connectivity index (χ0n) is 11.2. The van der Waals surface area contributed by atoms with Crippen LogP contribution in [-0.2, 0) is 0 Å². The van der Waals surface area contributed by atoms with Crippen molar-refractivity contribution in [2.75, 3.05) is 5.32 Å². The lowest BCUT2D eigenvalue weighted by Crippen LogP contribution is -2.30. The number of nitrogens with one attached hydrogen (secondary N) is 2. The zero-order chi connectivity index (χ0) is 14.5. The molecule has 104 valence electrons. The highest BCUT2D eigenvalue weighted by Gasteiger charge is 2.09. The van der Waals surface area contributed by atoms with Crippen LogP contribution in [0.1, 0.15) is 24.3 Å². The first-order valence-corrected chi connectivity index (χ1v) is 6.58. The second-order valence-electron chi connectivity index (χ2n) is 4.55. The number of benzene rings is 1. The third-order valence-corrected chi connectivity index (χ3v) is 2.65. The smallest absolute Gasteiger partial charge is 0.270 e. The van der Waals surface area contributed by atoms with Crippen LogP contribution >= 0.6 is 11.6 Å². The van der Waals surface area contributed by atoms with Crippen LogP contribution in [0.25, 0.3) is 0 Å². The van der Waals surface area contributed by atoms with Gasteiger partial charge in [0.1, 0.15) is 17.8 Å². The summed E-state index contributed by atoms with van der Waals surface area (Å²) < 4.78 is 0. The van der Waals surface area contributed by atoms with Crippen molar-refractivity contribution in [2.24, 2.45) is 0 Å². The summed E-state index contributed by atoms with van der Waals surface area (Å²) in [5.74, 6) is 0.313. The van der Waals surface area contributed by atoms with Gasteiger partial charge >= 0.3 is 0 Å². The molecule has 0 unspecified atom stereocenters. The van der Waals surface area contributed by atoms with Gasteiger partial charge in [-0.05, 0) is 32.0 Å². The van der Waals surface area contributed by atoms with E-state index in [-0.39, 0.29) is 11.9 Å². The van der Waals surface area contributed by atoms with E-state index in [1.807, 2.05) is 26.0 Å². The second-order valence-corrected chi connectivity index (χ2v) is 4.99. The highest BCUT2D eigenvalue weighted by Crippen LogP contribution is 2.18. The lowest BCUT2D eigenvalue weighted by molar-refractivity contribution is 0.0938. The quantitative estimate of drug-likeness (QED) is 0.908. The van der Waals surface area contributed by atoms with Crippen LogP contribution in [0.2, 0.25) is 5.02 Å². The minimum Gasteiger partial charge on any atom is -0.349 e. The van der Waals surface area contributed by atoms with Gasteiger partial charge in [0, 0.05) is 22.8 Å². The van der Waals surface area contributed by atoms with Crippen molar-refractivity contribution in [3.63, 3.8) is 0 Å². The molecule has 6 heteroatoms. The first-order chi connectivity index (χ1) is 9.54. The molecule has 2 rings (SSSR count). The Balaban J connectivity index is 2.15. The molecule has 0 saturated carbocycles. The summed E-state index contributed by atoms with van der Waals surface area (Å²) in [6.07, 6.45) is 1.35. The number of halogens is 1. The summed E-state index contributed by atoms with van der Waals surface area (Å²) in [5.41, 5.74) is 1.12. The Kier molecular flexibility index (Phi) is 4.53. The molecule has 0 bridgehead atoms. The number of amides is 1. The predicted molar refractivity (Wildman–Crippen MR) is 79.4 cm³/mol. The summed E-state index contributed by atoms with van der Waals surface area (Å²) in [6.45, 7) is 3.79. The molecule has 0 spiro atoms. The van der Waals surface area contributed by atoms with Crippen LogP contribution in [0.15, 0.2) is 36.7 Å². The Morgan fingerprint density at radius 2 is 2.05 bits per heavy atom. The summed E-state index contributed by atoms with van der Waals surface area (Å²) in [5, 5.41) is 6.49. The molecule has 0 atom stereocenters. The van der Waals surface area contributed by atoms with Gasteiger partial charge in [-0.1, -0.05) is 17.7 Å². The molecular formula is C14H15ClN4O. The SMILES string of the molecule is CC(C)NC(=O)c1cc(Nc2cccc(Cl)c2)ncn1. The Bertz CT molecular complexity index is 616. The highest BCUT2D eigenvalue weighted by atomic mass is 35.5. The standard InChI is InChI=1S/C14H15ClN4O/c1-9(2)18-14(20)12-7-13(17-8-16-12)19-11-5-3-4-10(15)6-11/h3-9H,1-2H3,(H,18,20)(H,16,17,19). The van der Waals surface area contributed by atoms with Crippen molar-refractivity contribution >= 4 is 29.0 Å². The molecule has 0 radical (unpaired) electrons. The zero-order valence-corrected chi connectivity index (χ0v) is 12.0. The summed E-state index contributed by atoms with van der Waals surface area (Å²) in [4.78, 5) is 19.9. The van der Waals surface area contributed by atoms with Crippen molar-refractivity contribution in [1.29, 1.82) is 0 Å². The molecular weight excluding hydrogens is 276 g/mol. The average Bonchev–Trinajstić information content (AvgIpc) is 2.38. The summed E-state index contributed by atoms with van der Waals surface area (Å²) >= 11 is 5.91. The monoisotopic (exact) mass is 290 g/mol. The molecule has 1 aromatic carbocycles. The van der Waals surface area contributed by atoms with Crippen molar-refractivity contribution in [2.45, 2.75) is 19.9 Å². The van der Waals surface area contributed by atoms with E-state index in [1.54, 1.807) is 18.2 Å². The fourth-order valence-corrected chi connectivity index (χ4v) is 1.79. The number of hydrogen-bond donors (Lipinski definition) is 2. The highest BCUT2D eigenvalue weighted by molar-refractivity contribution is 6.30. The third kappa shape index (κ3) is 3.93. The molecule has 0 fully saturated rings. The molecule has 1 amide bonds. The Hall–Kier alpha value is -2.14. The van der Waals surface area contributed by atoms with Crippen molar-refractivity contribution in [3.8, 4) is 0 Å². The van der Waals surface area contributed by atoms with E-state index in [2.05, 4.69) is 20.6 Å². The Labute approximate surface area is 122 Å². The predicted octanol–water partition coefficient (Wildman–Crippen LogP) is 3.01. The number of carbonyl (C=O) groups excluding carboxylic acids is 1. The van der Waals surface area contributed by atoms with Crippen LogP contribution in [-0.4, -0.2) is 21.9 Å². The number of rotatable bonds is 4. The first kappa shape index (κ1) is 14.3. The summed E-state index contributed by atoms with van der Waals surface area (Å²) in [7, 11) is 0. The van der Waals surface area contributed by atoms with Gasteiger partial charge in [0.2, 0.25) is 0 Å². The van der Waals surface area contributed by atoms with Gasteiger partial charge in [0.25, 0.3) is 5.91 Å². The number of anilines is 2. The molecule has 0 aliphatic heterocycles. The van der Waals surface area contributed by atoms with Gasteiger partial charge in [-0.2, -0.15) is 0 Å². The number of carbonyl (C=O) groups is 1. The third-order valence-electron chi connectivity index (χ3n) is 2.42. The molecule has 1 heterocycles. The minimum atomic E-state index is -0.225. The number of hydrogen-bond acceptors (Lipinski definition) is 4. The van der Waals surface area contributed by atoms with Crippen LogP contribution in [0.3, 0.4) is 0 Å². The van der Waals surface area contributed by atoms with Crippen molar-refractivity contribution < 1.29 is 4.79 Å². The number of aromatic nitrogens is 2. The van der Waals surface area contributed by atoms with E-state index in [9.17, 15) is 4.79 Å². The van der Waals surface area contributed by atoms with Gasteiger partial charge in [0.15, 0.2) is 0 Å². The maximum Gasteiger partial charge on any atom is 0.270 e. The molecule has 5 nitrogen and oxygen atoms in total. The molecule has 0 aliphatic rings. The lowest BCUT2D eigenvalue weighted by atomic mass is 10.3. The maximum atomic E-state index is 11.9. The van der Waals surface area contributed by atoms with Crippen LogP contribution in [0.4, 0.5) is 11.5 Å². The normalized spacial score (nSPS) is 10.4. The van der Waals surface area contributed by atoms with Crippen LogP contribution in [0.5, 0.6) is 0 Å².